The van der Waals surface area contributed by atoms with Crippen LogP contribution in [0.2, 0.25) is 0 Å². The maximum absolute atomic E-state index is 8.88. The van der Waals surface area contributed by atoms with Crippen molar-refractivity contribution in [1.82, 2.24) is 9.88 Å². The Labute approximate surface area is 109 Å². The van der Waals surface area contributed by atoms with Crippen LogP contribution in [0.3, 0.4) is 0 Å². The third kappa shape index (κ3) is 2.32. The van der Waals surface area contributed by atoms with Crippen LogP contribution in [0.25, 0.3) is 0 Å². The molecule has 4 nitrogen and oxygen atoms in total. The second kappa shape index (κ2) is 4.95. The first kappa shape index (κ1) is 12.8. The first-order chi connectivity index (χ1) is 8.57. The zero-order valence-electron chi connectivity index (χ0n) is 11.3. The molecule has 1 aromatic heterocycles. The summed E-state index contributed by atoms with van der Waals surface area (Å²) in [5.41, 5.74) is 0.755. The molecule has 0 bridgehead atoms. The normalized spacial score (nSPS) is 17.1. The lowest BCUT2D eigenvalue weighted by Crippen LogP contribution is -2.56. The second-order valence-corrected chi connectivity index (χ2v) is 5.32. The van der Waals surface area contributed by atoms with Gasteiger partial charge in [0.1, 0.15) is 17.6 Å². The molecule has 1 heterocycles. The van der Waals surface area contributed by atoms with Crippen LogP contribution in [-0.4, -0.2) is 43.1 Å². The van der Waals surface area contributed by atoms with Gasteiger partial charge in [-0.15, -0.1) is 0 Å². The Hall–Kier alpha value is -1.60. The number of aromatic nitrogens is 1. The Morgan fingerprint density at radius 2 is 2.06 bits per heavy atom. The summed E-state index contributed by atoms with van der Waals surface area (Å²) < 4.78 is 0. The fourth-order valence-electron chi connectivity index (χ4n) is 2.55. The molecular formula is C14H20N4. The molecule has 1 aliphatic carbocycles. The summed E-state index contributed by atoms with van der Waals surface area (Å²) in [5, 5.41) is 8.88. The number of likely N-dealkylation sites (N-methyl/N-ethyl adjacent to an activating group) is 2. The van der Waals surface area contributed by atoms with Gasteiger partial charge in [-0.2, -0.15) is 5.26 Å². The van der Waals surface area contributed by atoms with Crippen LogP contribution < -0.4 is 4.90 Å². The van der Waals surface area contributed by atoms with E-state index >= 15 is 0 Å². The molecule has 1 fully saturated rings. The van der Waals surface area contributed by atoms with Crippen molar-refractivity contribution in [3.8, 4) is 6.07 Å². The maximum Gasteiger partial charge on any atom is 0.142 e. The van der Waals surface area contributed by atoms with Crippen molar-refractivity contribution in [2.45, 2.75) is 24.8 Å². The number of hydrogen-bond donors (Lipinski definition) is 0. The van der Waals surface area contributed by atoms with E-state index in [4.69, 9.17) is 5.26 Å². The largest absolute Gasteiger partial charge is 0.358 e. The van der Waals surface area contributed by atoms with Gasteiger partial charge in [-0.05, 0) is 45.5 Å². The minimum absolute atomic E-state index is 0.277. The van der Waals surface area contributed by atoms with E-state index in [0.29, 0.717) is 5.69 Å². The first-order valence-corrected chi connectivity index (χ1v) is 6.33. The van der Waals surface area contributed by atoms with Gasteiger partial charge in [0.05, 0.1) is 0 Å². The Bertz CT molecular complexity index is 457. The Balaban J connectivity index is 2.12. The number of rotatable bonds is 4. The number of pyridine rings is 1. The van der Waals surface area contributed by atoms with Crippen molar-refractivity contribution in [1.29, 1.82) is 5.26 Å². The average molecular weight is 244 g/mol. The SMILES string of the molecule is CN(CC1(N(C)C)CCC1)c1cccc(C#N)n1. The third-order valence-electron chi connectivity index (χ3n) is 4.00. The molecule has 0 N–H and O–H groups in total. The molecule has 0 saturated heterocycles. The molecule has 4 heteroatoms. The lowest BCUT2D eigenvalue weighted by Gasteiger charge is -2.49. The maximum atomic E-state index is 8.88. The van der Waals surface area contributed by atoms with E-state index in [0.717, 1.165) is 12.4 Å². The fourth-order valence-corrected chi connectivity index (χ4v) is 2.55. The Morgan fingerprint density at radius 1 is 1.33 bits per heavy atom. The van der Waals surface area contributed by atoms with E-state index in [9.17, 15) is 0 Å². The summed E-state index contributed by atoms with van der Waals surface area (Å²) in [6.45, 7) is 0.960. The summed E-state index contributed by atoms with van der Waals surface area (Å²) in [7, 11) is 6.34. The van der Waals surface area contributed by atoms with Gasteiger partial charge >= 0.3 is 0 Å². The highest BCUT2D eigenvalue weighted by molar-refractivity contribution is 5.41. The van der Waals surface area contributed by atoms with Crippen molar-refractivity contribution in [2.24, 2.45) is 0 Å². The molecule has 1 aromatic rings. The highest BCUT2D eigenvalue weighted by Gasteiger charge is 2.40. The van der Waals surface area contributed by atoms with Crippen LogP contribution in [0.1, 0.15) is 25.0 Å². The Morgan fingerprint density at radius 3 is 2.56 bits per heavy atom. The average Bonchev–Trinajstić information content (AvgIpc) is 2.33. The lowest BCUT2D eigenvalue weighted by atomic mass is 9.75. The van der Waals surface area contributed by atoms with Gasteiger partial charge in [0.2, 0.25) is 0 Å². The van der Waals surface area contributed by atoms with E-state index in [-0.39, 0.29) is 5.54 Å². The summed E-state index contributed by atoms with van der Waals surface area (Å²) in [4.78, 5) is 8.81. The van der Waals surface area contributed by atoms with Gasteiger partial charge in [0.15, 0.2) is 0 Å². The summed E-state index contributed by atoms with van der Waals surface area (Å²) in [6, 6.07) is 7.68. The lowest BCUT2D eigenvalue weighted by molar-refractivity contribution is 0.0682. The minimum atomic E-state index is 0.277. The predicted molar refractivity (Wildman–Crippen MR) is 72.5 cm³/mol. The van der Waals surface area contributed by atoms with Crippen molar-refractivity contribution in [3.63, 3.8) is 0 Å². The minimum Gasteiger partial charge on any atom is -0.358 e. The Kier molecular flexibility index (Phi) is 3.53. The van der Waals surface area contributed by atoms with Crippen molar-refractivity contribution < 1.29 is 0 Å². The molecule has 1 saturated carbocycles. The zero-order chi connectivity index (χ0) is 13.2. The molecule has 0 spiro atoms. The smallest absolute Gasteiger partial charge is 0.142 e. The van der Waals surface area contributed by atoms with Crippen LogP contribution in [0.15, 0.2) is 18.2 Å². The highest BCUT2D eigenvalue weighted by atomic mass is 15.2. The molecule has 96 valence electrons. The van der Waals surface area contributed by atoms with Crippen molar-refractivity contribution in [3.05, 3.63) is 23.9 Å². The summed E-state index contributed by atoms with van der Waals surface area (Å²) in [5.74, 6) is 0.877. The number of hydrogen-bond acceptors (Lipinski definition) is 4. The van der Waals surface area contributed by atoms with E-state index in [1.165, 1.54) is 19.3 Å². The molecule has 0 aliphatic heterocycles. The quantitative estimate of drug-likeness (QED) is 0.811. The summed E-state index contributed by atoms with van der Waals surface area (Å²) in [6.07, 6.45) is 3.78. The molecule has 0 aromatic carbocycles. The molecule has 0 amide bonds. The topological polar surface area (TPSA) is 43.2 Å². The van der Waals surface area contributed by atoms with Gasteiger partial charge in [0.25, 0.3) is 0 Å². The molecule has 2 rings (SSSR count). The van der Waals surface area contributed by atoms with Crippen LogP contribution in [0.5, 0.6) is 0 Å². The second-order valence-electron chi connectivity index (χ2n) is 5.32. The van der Waals surface area contributed by atoms with Crippen molar-refractivity contribution >= 4 is 5.82 Å². The van der Waals surface area contributed by atoms with Crippen molar-refractivity contribution in [2.75, 3.05) is 32.6 Å². The van der Waals surface area contributed by atoms with Crippen LogP contribution in [0.4, 0.5) is 5.82 Å². The predicted octanol–water partition coefficient (Wildman–Crippen LogP) is 1.87. The van der Waals surface area contributed by atoms with E-state index < -0.39 is 0 Å². The van der Waals surface area contributed by atoms with Gasteiger partial charge < -0.3 is 9.80 Å². The number of nitrogens with zero attached hydrogens (tertiary/aromatic N) is 4. The van der Waals surface area contributed by atoms with Crippen LogP contribution >= 0.6 is 0 Å². The number of nitriles is 1. The molecule has 18 heavy (non-hydrogen) atoms. The van der Waals surface area contributed by atoms with Gasteiger partial charge in [-0.3, -0.25) is 0 Å². The van der Waals surface area contributed by atoms with Gasteiger partial charge in [0, 0.05) is 19.1 Å². The van der Waals surface area contributed by atoms with Gasteiger partial charge in [-0.25, -0.2) is 4.98 Å². The first-order valence-electron chi connectivity index (χ1n) is 6.33. The van der Waals surface area contributed by atoms with Crippen LogP contribution in [-0.2, 0) is 0 Å². The summed E-state index contributed by atoms with van der Waals surface area (Å²) >= 11 is 0. The van der Waals surface area contributed by atoms with Gasteiger partial charge in [-0.1, -0.05) is 6.07 Å². The molecule has 1 aliphatic rings. The van der Waals surface area contributed by atoms with E-state index in [1.807, 2.05) is 19.2 Å². The molecular weight excluding hydrogens is 224 g/mol. The highest BCUT2D eigenvalue weighted by Crippen LogP contribution is 2.37. The zero-order valence-corrected chi connectivity index (χ0v) is 11.3. The van der Waals surface area contributed by atoms with E-state index in [2.05, 4.69) is 34.9 Å². The third-order valence-corrected chi connectivity index (χ3v) is 4.00. The molecule has 0 unspecified atom stereocenters. The molecule has 0 atom stereocenters. The standard InChI is InChI=1S/C14H20N4/c1-17(2)14(8-5-9-14)11-18(3)13-7-4-6-12(10-15)16-13/h4,6-7H,5,8-9,11H2,1-3H3. The monoisotopic (exact) mass is 244 g/mol. The molecule has 0 radical (unpaired) electrons. The fraction of sp³-hybridized carbons (Fsp3) is 0.571. The van der Waals surface area contributed by atoms with E-state index in [1.54, 1.807) is 6.07 Å². The van der Waals surface area contributed by atoms with Crippen LogP contribution in [0, 0.1) is 11.3 Å². The number of anilines is 1.